The third kappa shape index (κ3) is 2.77. The lowest BCUT2D eigenvalue weighted by Crippen LogP contribution is -2.23. The summed E-state index contributed by atoms with van der Waals surface area (Å²) < 4.78 is 0. The third-order valence-electron chi connectivity index (χ3n) is 4.84. The number of benzene rings is 1. The molecule has 104 valence electrons. The Balaban J connectivity index is 3.40. The summed E-state index contributed by atoms with van der Waals surface area (Å²) in [6.07, 6.45) is 7.35. The van der Waals surface area contributed by atoms with E-state index in [1.165, 1.54) is 12.8 Å². The van der Waals surface area contributed by atoms with Crippen LogP contribution in [0, 0.1) is 0 Å². The molecule has 0 N–H and O–H groups in total. The molecule has 0 unspecified atom stereocenters. The summed E-state index contributed by atoms with van der Waals surface area (Å²) in [5.41, 5.74) is 1.92. The van der Waals surface area contributed by atoms with Gasteiger partial charge >= 0.3 is 0 Å². The van der Waals surface area contributed by atoms with Gasteiger partial charge < -0.3 is 0 Å². The van der Waals surface area contributed by atoms with Crippen LogP contribution in [0.4, 0.5) is 0 Å². The van der Waals surface area contributed by atoms with Crippen LogP contribution in [-0.4, -0.2) is 17.8 Å². The molecule has 0 saturated heterocycles. The van der Waals surface area contributed by atoms with Crippen LogP contribution in [0.3, 0.4) is 0 Å². The molecule has 0 spiro atoms. The normalized spacial score (nSPS) is 14.0. The van der Waals surface area contributed by atoms with Gasteiger partial charge in [-0.25, -0.2) is 10.0 Å². The highest BCUT2D eigenvalue weighted by Crippen LogP contribution is 2.56. The minimum Gasteiger partial charge on any atom is -0.218 e. The lowest BCUT2D eigenvalue weighted by molar-refractivity contribution is 0.431. The van der Waals surface area contributed by atoms with Crippen molar-refractivity contribution in [2.45, 2.75) is 63.0 Å². The smallest absolute Gasteiger partial charge is 0.00639 e. The molecule has 0 radical (unpaired) electrons. The molecule has 0 heterocycles. The van der Waals surface area contributed by atoms with Crippen molar-refractivity contribution in [3.63, 3.8) is 0 Å². The van der Waals surface area contributed by atoms with Gasteiger partial charge in [0.25, 0.3) is 0 Å². The van der Waals surface area contributed by atoms with E-state index in [0.717, 1.165) is 5.25 Å². The second-order valence-electron chi connectivity index (χ2n) is 6.22. The molecule has 1 aromatic rings. The van der Waals surface area contributed by atoms with E-state index in [4.69, 9.17) is 0 Å². The first-order valence-electron chi connectivity index (χ1n) is 7.11. The van der Waals surface area contributed by atoms with Crippen LogP contribution in [-0.2, 0) is 5.41 Å². The Morgan fingerprint density at radius 2 is 1.56 bits per heavy atom. The van der Waals surface area contributed by atoms with E-state index in [9.17, 15) is 0 Å². The van der Waals surface area contributed by atoms with Gasteiger partial charge in [-0.1, -0.05) is 52.8 Å². The quantitative estimate of drug-likeness (QED) is 0.651. The zero-order chi connectivity index (χ0) is 14.0. The fraction of sp³-hybridized carbons (Fsp3) is 0.647. The average Bonchev–Trinajstić information content (AvgIpc) is 2.37. The minimum atomic E-state index is -0.711. The maximum absolute atomic E-state index is 2.46. The van der Waals surface area contributed by atoms with Crippen molar-refractivity contribution < 1.29 is 0 Å². The Labute approximate surface area is 116 Å². The Hall–Kier alpha value is -0.430. The van der Waals surface area contributed by atoms with E-state index >= 15 is 0 Å². The van der Waals surface area contributed by atoms with Gasteiger partial charge in [-0.05, 0) is 52.5 Å². The van der Waals surface area contributed by atoms with Gasteiger partial charge in [-0.3, -0.25) is 0 Å². The lowest BCUT2D eigenvalue weighted by Gasteiger charge is -2.41. The Morgan fingerprint density at radius 3 is 2.00 bits per heavy atom. The molecule has 0 aromatic heterocycles. The second kappa shape index (κ2) is 5.69. The summed E-state index contributed by atoms with van der Waals surface area (Å²) in [6, 6.07) is 9.15. The molecule has 0 atom stereocenters. The van der Waals surface area contributed by atoms with Crippen LogP contribution in [0.5, 0.6) is 0 Å². The first kappa shape index (κ1) is 15.6. The third-order valence-corrected chi connectivity index (χ3v) is 8.69. The van der Waals surface area contributed by atoms with Crippen LogP contribution < -0.4 is 0 Å². The minimum absolute atomic E-state index is 0.329. The number of hydrogen-bond donors (Lipinski definition) is 0. The predicted molar refractivity (Wildman–Crippen MR) is 87.2 cm³/mol. The van der Waals surface area contributed by atoms with Crippen molar-refractivity contribution in [3.05, 3.63) is 29.8 Å². The monoisotopic (exact) mass is 266 g/mol. The fourth-order valence-electron chi connectivity index (χ4n) is 2.31. The molecule has 0 amide bonds. The zero-order valence-electron chi connectivity index (χ0n) is 13.2. The van der Waals surface area contributed by atoms with E-state index < -0.39 is 10.0 Å². The second-order valence-corrected chi connectivity index (χ2v) is 10.4. The van der Waals surface area contributed by atoms with Crippen molar-refractivity contribution >= 4 is 10.0 Å². The lowest BCUT2D eigenvalue weighted by atomic mass is 9.78. The molecule has 1 rings (SSSR count). The van der Waals surface area contributed by atoms with E-state index in [1.54, 1.807) is 10.5 Å². The number of rotatable bonds is 5. The average molecular weight is 266 g/mol. The van der Waals surface area contributed by atoms with E-state index in [0.29, 0.717) is 5.41 Å². The molecule has 18 heavy (non-hydrogen) atoms. The van der Waals surface area contributed by atoms with Crippen molar-refractivity contribution in [2.24, 2.45) is 0 Å². The van der Waals surface area contributed by atoms with E-state index in [1.807, 2.05) is 0 Å². The molecule has 0 fully saturated rings. The van der Waals surface area contributed by atoms with Gasteiger partial charge in [0, 0.05) is 0 Å². The first-order chi connectivity index (χ1) is 8.29. The summed E-state index contributed by atoms with van der Waals surface area (Å²) in [6.45, 7) is 11.8. The van der Waals surface area contributed by atoms with Crippen LogP contribution in [0.1, 0.15) is 53.0 Å². The first-order valence-corrected chi connectivity index (χ1v) is 9.62. The maximum Gasteiger partial charge on any atom is -0.00639 e. The van der Waals surface area contributed by atoms with Crippen LogP contribution in [0.25, 0.3) is 0 Å². The standard InChI is InChI=1S/C17H30S/c1-8-17(5,9-2)15-12-10-11-13-16(15)18(6,7)14(3)4/h10-14H,8-9H2,1-7H3. The molecule has 1 heteroatoms. The number of hydrogen-bond acceptors (Lipinski definition) is 0. The summed E-state index contributed by atoms with van der Waals surface area (Å²) in [7, 11) is -0.711. The Kier molecular flexibility index (Phi) is 4.94. The van der Waals surface area contributed by atoms with Crippen LogP contribution >= 0.6 is 10.0 Å². The molecule has 0 saturated carbocycles. The highest BCUT2D eigenvalue weighted by atomic mass is 32.3. The molecule has 0 aliphatic carbocycles. The van der Waals surface area contributed by atoms with Gasteiger partial charge in [0.15, 0.2) is 0 Å². The fourth-order valence-corrected chi connectivity index (χ4v) is 4.13. The topological polar surface area (TPSA) is 0 Å². The van der Waals surface area contributed by atoms with Crippen LogP contribution in [0.2, 0.25) is 0 Å². The highest BCUT2D eigenvalue weighted by molar-refractivity contribution is 8.33. The molecule has 0 nitrogen and oxygen atoms in total. The Morgan fingerprint density at radius 1 is 1.06 bits per heavy atom. The van der Waals surface area contributed by atoms with Gasteiger partial charge in [-0.2, -0.15) is 0 Å². The van der Waals surface area contributed by atoms with Gasteiger partial charge in [0.2, 0.25) is 0 Å². The van der Waals surface area contributed by atoms with Crippen molar-refractivity contribution in [2.75, 3.05) is 12.5 Å². The summed E-state index contributed by atoms with van der Waals surface area (Å²) in [5.74, 6) is 0. The molecular formula is C17H30S. The molecule has 1 aromatic carbocycles. The van der Waals surface area contributed by atoms with Crippen molar-refractivity contribution in [1.82, 2.24) is 0 Å². The Bertz CT molecular complexity index is 363. The molecule has 0 bridgehead atoms. The van der Waals surface area contributed by atoms with Crippen LogP contribution in [0.15, 0.2) is 29.2 Å². The molecule has 0 aliphatic heterocycles. The summed E-state index contributed by atoms with van der Waals surface area (Å²) >= 11 is 0. The van der Waals surface area contributed by atoms with Gasteiger partial charge in [0.1, 0.15) is 0 Å². The van der Waals surface area contributed by atoms with E-state index in [-0.39, 0.29) is 0 Å². The summed E-state index contributed by atoms with van der Waals surface area (Å²) in [4.78, 5) is 1.62. The molecule has 0 aliphatic rings. The highest BCUT2D eigenvalue weighted by Gasteiger charge is 2.30. The van der Waals surface area contributed by atoms with Crippen molar-refractivity contribution in [3.8, 4) is 0 Å². The van der Waals surface area contributed by atoms with Gasteiger partial charge in [-0.15, -0.1) is 0 Å². The SMILES string of the molecule is CCC(C)(CC)c1ccccc1S(C)(C)C(C)C. The van der Waals surface area contributed by atoms with Crippen molar-refractivity contribution in [1.29, 1.82) is 0 Å². The largest absolute Gasteiger partial charge is 0.218 e. The van der Waals surface area contributed by atoms with E-state index in [2.05, 4.69) is 71.4 Å². The summed E-state index contributed by atoms with van der Waals surface area (Å²) in [5, 5.41) is 0.733. The predicted octanol–water partition coefficient (Wildman–Crippen LogP) is 5.60. The molecular weight excluding hydrogens is 236 g/mol. The van der Waals surface area contributed by atoms with Gasteiger partial charge in [0.05, 0.1) is 0 Å². The zero-order valence-corrected chi connectivity index (χ0v) is 14.0. The maximum atomic E-state index is 2.46.